The molecular weight excluding hydrogens is 522 g/mol. The summed E-state index contributed by atoms with van der Waals surface area (Å²) >= 11 is 3.50. The van der Waals surface area contributed by atoms with Crippen molar-refractivity contribution in [1.82, 2.24) is 5.32 Å². The highest BCUT2D eigenvalue weighted by atomic mass is 79.9. The Bertz CT molecular complexity index is 1180. The predicted molar refractivity (Wildman–Crippen MR) is 145 cm³/mol. The highest BCUT2D eigenvalue weighted by Gasteiger charge is 2.23. The zero-order valence-electron chi connectivity index (χ0n) is 20.7. The number of amides is 1. The molecule has 0 radical (unpaired) electrons. The molecule has 3 aromatic rings. The molecule has 0 spiro atoms. The van der Waals surface area contributed by atoms with E-state index in [1.54, 1.807) is 24.3 Å². The zero-order valence-corrected chi connectivity index (χ0v) is 22.3. The molecule has 1 amide bonds. The summed E-state index contributed by atoms with van der Waals surface area (Å²) in [6.45, 7) is 0.564. The van der Waals surface area contributed by atoms with Gasteiger partial charge in [-0.25, -0.2) is 4.79 Å². The number of hydrogen-bond acceptors (Lipinski definition) is 4. The molecule has 0 fully saturated rings. The van der Waals surface area contributed by atoms with Crippen molar-refractivity contribution in [2.75, 3.05) is 20.8 Å². The standard InChI is InChI=1S/C29H32BrNO5/c1-35-26-23(21-15-11-16-22(18-21)29(33)34)19-24(27(36-2)25(26)30)28(32)31-17-10-5-3-4-7-12-20-13-8-6-9-14-20/h6,8-9,11,13-16,18-19H,3-5,7,10,12,17H2,1-2H3,(H,31,32)(H,33,34). The van der Waals surface area contributed by atoms with Crippen LogP contribution in [0.5, 0.6) is 11.5 Å². The number of nitrogens with one attached hydrogen (secondary N) is 1. The number of carboxylic acids is 1. The molecule has 0 atom stereocenters. The molecule has 190 valence electrons. The second-order valence-corrected chi connectivity index (χ2v) is 9.29. The fourth-order valence-electron chi connectivity index (χ4n) is 4.14. The van der Waals surface area contributed by atoms with Crippen molar-refractivity contribution in [1.29, 1.82) is 0 Å². The SMILES string of the molecule is COc1c(C(=O)NCCCCCCCc2ccccc2)cc(-c2cccc(C(=O)O)c2)c(OC)c1Br. The Hall–Kier alpha value is -3.32. The Labute approximate surface area is 220 Å². The summed E-state index contributed by atoms with van der Waals surface area (Å²) in [5.41, 5.74) is 3.09. The maximum atomic E-state index is 13.1. The molecule has 0 saturated carbocycles. The van der Waals surface area contributed by atoms with Crippen LogP contribution in [0.1, 0.15) is 58.4 Å². The third-order valence-corrected chi connectivity index (χ3v) is 6.74. The van der Waals surface area contributed by atoms with E-state index >= 15 is 0 Å². The average Bonchev–Trinajstić information content (AvgIpc) is 2.90. The van der Waals surface area contributed by atoms with Gasteiger partial charge in [0.15, 0.2) is 0 Å². The minimum Gasteiger partial charge on any atom is -0.495 e. The van der Waals surface area contributed by atoms with Gasteiger partial charge >= 0.3 is 5.97 Å². The van der Waals surface area contributed by atoms with Gasteiger partial charge in [0.1, 0.15) is 16.0 Å². The molecule has 3 aromatic carbocycles. The average molecular weight is 554 g/mol. The lowest BCUT2D eigenvalue weighted by Gasteiger charge is -2.18. The molecule has 0 aliphatic carbocycles. The molecule has 6 nitrogen and oxygen atoms in total. The van der Waals surface area contributed by atoms with Crippen molar-refractivity contribution >= 4 is 27.8 Å². The number of hydrogen-bond donors (Lipinski definition) is 2. The number of unbranched alkanes of at least 4 members (excludes halogenated alkanes) is 4. The monoisotopic (exact) mass is 553 g/mol. The van der Waals surface area contributed by atoms with Gasteiger partial charge in [0.2, 0.25) is 0 Å². The van der Waals surface area contributed by atoms with Crippen LogP contribution in [-0.2, 0) is 6.42 Å². The van der Waals surface area contributed by atoms with Crippen LogP contribution in [0.3, 0.4) is 0 Å². The molecule has 3 rings (SSSR count). The Kier molecular flexibility index (Phi) is 10.4. The quantitative estimate of drug-likeness (QED) is 0.228. The Morgan fingerprint density at radius 3 is 2.25 bits per heavy atom. The van der Waals surface area contributed by atoms with Crippen LogP contribution in [0, 0.1) is 0 Å². The maximum absolute atomic E-state index is 13.1. The van der Waals surface area contributed by atoms with Gasteiger partial charge in [-0.1, -0.05) is 61.7 Å². The van der Waals surface area contributed by atoms with E-state index in [1.165, 1.54) is 38.7 Å². The van der Waals surface area contributed by atoms with Crippen LogP contribution >= 0.6 is 15.9 Å². The van der Waals surface area contributed by atoms with E-state index < -0.39 is 5.97 Å². The number of carboxylic acid groups (broad SMARTS) is 1. The van der Waals surface area contributed by atoms with Gasteiger partial charge in [-0.2, -0.15) is 0 Å². The van der Waals surface area contributed by atoms with Gasteiger partial charge < -0.3 is 19.9 Å². The minimum atomic E-state index is -1.03. The highest BCUT2D eigenvalue weighted by molar-refractivity contribution is 9.10. The minimum absolute atomic E-state index is 0.149. The van der Waals surface area contributed by atoms with E-state index in [0.29, 0.717) is 39.2 Å². The first kappa shape index (κ1) is 27.3. The van der Waals surface area contributed by atoms with Crippen molar-refractivity contribution in [3.05, 3.63) is 81.8 Å². The Morgan fingerprint density at radius 1 is 0.861 bits per heavy atom. The van der Waals surface area contributed by atoms with Gasteiger partial charge in [0.05, 0.1) is 25.3 Å². The van der Waals surface area contributed by atoms with E-state index in [-0.39, 0.29) is 11.5 Å². The lowest BCUT2D eigenvalue weighted by Crippen LogP contribution is -2.25. The predicted octanol–water partition coefficient (Wildman–Crippen LogP) is 6.75. The summed E-state index contributed by atoms with van der Waals surface area (Å²) in [5, 5.41) is 12.4. The molecule has 0 aromatic heterocycles. The van der Waals surface area contributed by atoms with Gasteiger partial charge in [-0.15, -0.1) is 0 Å². The molecule has 7 heteroatoms. The van der Waals surface area contributed by atoms with Crippen molar-refractivity contribution in [3.8, 4) is 22.6 Å². The van der Waals surface area contributed by atoms with Crippen LogP contribution in [0.15, 0.2) is 65.1 Å². The number of carbonyl (C=O) groups excluding carboxylic acids is 1. The molecule has 2 N–H and O–H groups in total. The normalized spacial score (nSPS) is 10.6. The van der Waals surface area contributed by atoms with Crippen LogP contribution in [0.2, 0.25) is 0 Å². The summed E-state index contributed by atoms with van der Waals surface area (Å²) in [6, 6.07) is 18.7. The van der Waals surface area contributed by atoms with Crippen LogP contribution in [0.4, 0.5) is 0 Å². The van der Waals surface area contributed by atoms with Crippen LogP contribution in [-0.4, -0.2) is 37.7 Å². The molecular formula is C29H32BrNO5. The number of ether oxygens (including phenoxy) is 2. The molecule has 0 unspecified atom stereocenters. The molecule has 0 aliphatic heterocycles. The van der Waals surface area contributed by atoms with Crippen molar-refractivity contribution < 1.29 is 24.2 Å². The third-order valence-electron chi connectivity index (χ3n) is 6.02. The number of aryl methyl sites for hydroxylation is 1. The maximum Gasteiger partial charge on any atom is 0.335 e. The first-order valence-electron chi connectivity index (χ1n) is 12.1. The summed E-state index contributed by atoms with van der Waals surface area (Å²) in [5.74, 6) is -0.457. The lowest BCUT2D eigenvalue weighted by atomic mass is 9.98. The first-order chi connectivity index (χ1) is 17.5. The van der Waals surface area contributed by atoms with Gasteiger partial charge in [-0.3, -0.25) is 4.79 Å². The van der Waals surface area contributed by atoms with Crippen LogP contribution in [0.25, 0.3) is 11.1 Å². The number of aromatic carboxylic acids is 1. The second-order valence-electron chi connectivity index (χ2n) is 8.50. The van der Waals surface area contributed by atoms with Crippen molar-refractivity contribution in [2.24, 2.45) is 0 Å². The Morgan fingerprint density at radius 2 is 1.56 bits per heavy atom. The number of carbonyl (C=O) groups is 2. The third kappa shape index (κ3) is 7.10. The number of halogens is 1. The van der Waals surface area contributed by atoms with Crippen LogP contribution < -0.4 is 14.8 Å². The largest absolute Gasteiger partial charge is 0.495 e. The first-order valence-corrected chi connectivity index (χ1v) is 12.9. The highest BCUT2D eigenvalue weighted by Crippen LogP contribution is 2.44. The molecule has 0 saturated heterocycles. The van der Waals surface area contributed by atoms with E-state index in [2.05, 4.69) is 45.5 Å². The number of rotatable bonds is 13. The van der Waals surface area contributed by atoms with E-state index in [4.69, 9.17) is 9.47 Å². The lowest BCUT2D eigenvalue weighted by molar-refractivity contribution is 0.0696. The van der Waals surface area contributed by atoms with Crippen molar-refractivity contribution in [2.45, 2.75) is 38.5 Å². The van der Waals surface area contributed by atoms with Gasteiger partial charge in [0, 0.05) is 12.1 Å². The van der Waals surface area contributed by atoms with E-state index in [0.717, 1.165) is 25.7 Å². The molecule has 0 heterocycles. The summed E-state index contributed by atoms with van der Waals surface area (Å²) in [6.07, 6.45) is 6.50. The summed E-state index contributed by atoms with van der Waals surface area (Å²) < 4.78 is 11.6. The van der Waals surface area contributed by atoms with Gasteiger partial charge in [0.25, 0.3) is 5.91 Å². The van der Waals surface area contributed by atoms with E-state index in [1.807, 2.05) is 6.07 Å². The molecule has 36 heavy (non-hydrogen) atoms. The zero-order chi connectivity index (χ0) is 25.9. The topological polar surface area (TPSA) is 84.9 Å². The fourth-order valence-corrected chi connectivity index (χ4v) is 4.89. The number of methoxy groups -OCH3 is 2. The smallest absolute Gasteiger partial charge is 0.335 e. The molecule has 0 bridgehead atoms. The summed E-state index contributed by atoms with van der Waals surface area (Å²) in [7, 11) is 3.01. The summed E-state index contributed by atoms with van der Waals surface area (Å²) in [4.78, 5) is 24.5. The fraction of sp³-hybridized carbons (Fsp3) is 0.310. The number of benzene rings is 3. The van der Waals surface area contributed by atoms with E-state index in [9.17, 15) is 14.7 Å². The van der Waals surface area contributed by atoms with Gasteiger partial charge in [-0.05, 0) is 64.5 Å². The van der Waals surface area contributed by atoms with Crippen molar-refractivity contribution in [3.63, 3.8) is 0 Å². The molecule has 0 aliphatic rings. The Balaban J connectivity index is 1.62. The second kappa shape index (κ2) is 13.7.